The Balaban J connectivity index is 1.54. The molecular weight excluding hydrogens is 380 g/mol. The lowest BCUT2D eigenvalue weighted by molar-refractivity contribution is 0.0783. The van der Waals surface area contributed by atoms with Crippen LogP contribution in [0.5, 0.6) is 5.75 Å². The number of methoxy groups -OCH3 is 1. The fourth-order valence-electron chi connectivity index (χ4n) is 3.36. The van der Waals surface area contributed by atoms with E-state index in [0.29, 0.717) is 29.1 Å². The smallest absolute Gasteiger partial charge is 0.254 e. The summed E-state index contributed by atoms with van der Waals surface area (Å²) in [4.78, 5) is 19.1. The lowest BCUT2D eigenvalue weighted by Crippen LogP contribution is -2.26. The highest BCUT2D eigenvalue weighted by Gasteiger charge is 2.16. The molecule has 0 spiro atoms. The summed E-state index contributed by atoms with van der Waals surface area (Å²) in [6.45, 7) is 2.55. The van der Waals surface area contributed by atoms with Gasteiger partial charge in [-0.1, -0.05) is 19.4 Å². The Morgan fingerprint density at radius 3 is 2.87 bits per heavy atom. The van der Waals surface area contributed by atoms with Crippen LogP contribution in [0.25, 0.3) is 22.6 Å². The average molecular weight is 404 g/mol. The van der Waals surface area contributed by atoms with E-state index in [4.69, 9.17) is 9.15 Å². The van der Waals surface area contributed by atoms with Crippen molar-refractivity contribution in [2.75, 3.05) is 14.2 Å². The number of fused-ring (bicyclic) bond motifs is 1. The van der Waals surface area contributed by atoms with Gasteiger partial charge < -0.3 is 14.1 Å². The third kappa shape index (κ3) is 4.05. The maximum atomic E-state index is 12.9. The summed E-state index contributed by atoms with van der Waals surface area (Å²) in [5.74, 6) is 1.12. The van der Waals surface area contributed by atoms with E-state index in [9.17, 15) is 4.79 Å². The second-order valence-electron chi connectivity index (χ2n) is 7.23. The van der Waals surface area contributed by atoms with Crippen LogP contribution in [0.15, 0.2) is 52.9 Å². The first kappa shape index (κ1) is 19.7. The topological polar surface area (TPSA) is 84.2 Å². The Labute approximate surface area is 174 Å². The van der Waals surface area contributed by atoms with E-state index < -0.39 is 0 Å². The number of hydrogen-bond acceptors (Lipinski definition) is 5. The lowest BCUT2D eigenvalue weighted by Gasteiger charge is -2.15. The minimum absolute atomic E-state index is 0.101. The molecule has 0 aliphatic heterocycles. The van der Waals surface area contributed by atoms with Crippen molar-refractivity contribution in [3.05, 3.63) is 65.5 Å². The summed E-state index contributed by atoms with van der Waals surface area (Å²) in [6.07, 6.45) is 1.99. The molecular formula is C23H24N4O3. The van der Waals surface area contributed by atoms with Crippen molar-refractivity contribution < 1.29 is 13.9 Å². The van der Waals surface area contributed by atoms with Crippen LogP contribution in [0.2, 0.25) is 0 Å². The Morgan fingerprint density at radius 1 is 1.20 bits per heavy atom. The molecule has 4 aromatic rings. The van der Waals surface area contributed by atoms with Crippen molar-refractivity contribution in [2.24, 2.45) is 0 Å². The van der Waals surface area contributed by atoms with Gasteiger partial charge in [0.15, 0.2) is 5.58 Å². The van der Waals surface area contributed by atoms with Crippen LogP contribution in [0.3, 0.4) is 0 Å². The summed E-state index contributed by atoms with van der Waals surface area (Å²) < 4.78 is 11.2. The highest BCUT2D eigenvalue weighted by atomic mass is 16.5. The molecule has 30 heavy (non-hydrogen) atoms. The third-order valence-electron chi connectivity index (χ3n) is 4.90. The van der Waals surface area contributed by atoms with Gasteiger partial charge >= 0.3 is 0 Å². The number of ether oxygens (including phenoxy) is 1. The Bertz CT molecular complexity index is 1180. The first-order chi connectivity index (χ1) is 14.6. The fourth-order valence-corrected chi connectivity index (χ4v) is 3.36. The van der Waals surface area contributed by atoms with Gasteiger partial charge in [0.05, 0.1) is 19.3 Å². The van der Waals surface area contributed by atoms with E-state index in [0.717, 1.165) is 35.5 Å². The zero-order valence-electron chi connectivity index (χ0n) is 17.3. The maximum absolute atomic E-state index is 12.9. The molecule has 2 heterocycles. The average Bonchev–Trinajstić information content (AvgIpc) is 3.39. The quantitative estimate of drug-likeness (QED) is 0.492. The largest absolute Gasteiger partial charge is 0.497 e. The number of carbonyl (C=O) groups excluding carboxylic acids is 1. The number of nitrogens with one attached hydrogen (secondary N) is 1. The second kappa shape index (κ2) is 8.41. The normalized spacial score (nSPS) is 11.0. The number of carbonyl (C=O) groups is 1. The summed E-state index contributed by atoms with van der Waals surface area (Å²) in [7, 11) is 3.38. The van der Waals surface area contributed by atoms with E-state index in [1.807, 2.05) is 30.3 Å². The number of hydrogen-bond donors (Lipinski definition) is 1. The Hall–Kier alpha value is -3.61. The second-order valence-corrected chi connectivity index (χ2v) is 7.23. The molecule has 0 aliphatic rings. The van der Waals surface area contributed by atoms with Gasteiger partial charge in [-0.25, -0.2) is 4.98 Å². The van der Waals surface area contributed by atoms with E-state index >= 15 is 0 Å². The number of amides is 1. The van der Waals surface area contributed by atoms with Gasteiger partial charge in [0.2, 0.25) is 5.89 Å². The van der Waals surface area contributed by atoms with Crippen LogP contribution >= 0.6 is 0 Å². The number of H-pyrrole nitrogens is 1. The third-order valence-corrected chi connectivity index (χ3v) is 4.90. The highest BCUT2D eigenvalue weighted by molar-refractivity contribution is 5.97. The van der Waals surface area contributed by atoms with Crippen LogP contribution in [0.4, 0.5) is 0 Å². The molecule has 0 fully saturated rings. The fraction of sp³-hybridized carbons (Fsp3) is 0.261. The van der Waals surface area contributed by atoms with E-state index in [1.165, 1.54) is 0 Å². The molecule has 0 unspecified atom stereocenters. The van der Waals surface area contributed by atoms with Crippen molar-refractivity contribution in [1.29, 1.82) is 0 Å². The van der Waals surface area contributed by atoms with E-state index in [-0.39, 0.29) is 5.91 Å². The summed E-state index contributed by atoms with van der Waals surface area (Å²) in [6, 6.07) is 14.8. The molecule has 0 saturated carbocycles. The minimum atomic E-state index is -0.101. The van der Waals surface area contributed by atoms with E-state index in [1.54, 1.807) is 37.3 Å². The number of oxazole rings is 1. The van der Waals surface area contributed by atoms with Crippen molar-refractivity contribution >= 4 is 17.0 Å². The van der Waals surface area contributed by atoms with Crippen LogP contribution in [-0.4, -0.2) is 40.1 Å². The van der Waals surface area contributed by atoms with Crippen molar-refractivity contribution in [2.45, 2.75) is 26.3 Å². The number of aromatic nitrogens is 3. The maximum Gasteiger partial charge on any atom is 0.254 e. The van der Waals surface area contributed by atoms with Gasteiger partial charge in [-0.2, -0.15) is 5.10 Å². The summed E-state index contributed by atoms with van der Waals surface area (Å²) >= 11 is 0. The first-order valence-corrected chi connectivity index (χ1v) is 9.91. The predicted molar refractivity (Wildman–Crippen MR) is 114 cm³/mol. The summed E-state index contributed by atoms with van der Waals surface area (Å²) in [5.41, 5.74) is 4.55. The SMILES string of the molecule is CCCc1cc(CN(C)C(=O)c2ccc3nc(-c4cccc(OC)c4)oc3c2)n[nH]1. The molecule has 1 amide bonds. The summed E-state index contributed by atoms with van der Waals surface area (Å²) in [5, 5.41) is 7.32. The number of nitrogens with zero attached hydrogens (tertiary/aromatic N) is 3. The molecule has 0 saturated heterocycles. The Kier molecular flexibility index (Phi) is 5.52. The molecule has 1 N–H and O–H groups in total. The molecule has 7 nitrogen and oxygen atoms in total. The van der Waals surface area contributed by atoms with Gasteiger partial charge in [-0.15, -0.1) is 0 Å². The minimum Gasteiger partial charge on any atom is -0.497 e. The van der Waals surface area contributed by atoms with Gasteiger partial charge in [0.1, 0.15) is 11.3 Å². The number of rotatable bonds is 7. The molecule has 7 heteroatoms. The zero-order valence-corrected chi connectivity index (χ0v) is 17.3. The van der Waals surface area contributed by atoms with Crippen LogP contribution in [0.1, 0.15) is 35.1 Å². The van der Waals surface area contributed by atoms with Gasteiger partial charge in [-0.3, -0.25) is 9.89 Å². The van der Waals surface area contributed by atoms with Gasteiger partial charge in [0.25, 0.3) is 5.91 Å². The number of aromatic amines is 1. The van der Waals surface area contributed by atoms with Crippen LogP contribution in [0, 0.1) is 0 Å². The molecule has 0 radical (unpaired) electrons. The zero-order chi connectivity index (χ0) is 21.1. The van der Waals surface area contributed by atoms with Gasteiger partial charge in [0, 0.05) is 23.9 Å². The standard InChI is InChI=1S/C23H24N4O3/c1-4-6-17-13-18(26-25-17)14-27(2)23(28)16-9-10-20-21(12-16)30-22(24-20)15-7-5-8-19(11-15)29-3/h5,7-13H,4,6,14H2,1-3H3,(H,25,26). The van der Waals surface area contributed by atoms with Gasteiger partial charge in [-0.05, 0) is 48.9 Å². The monoisotopic (exact) mass is 404 g/mol. The van der Waals surface area contributed by atoms with Crippen molar-refractivity contribution in [1.82, 2.24) is 20.1 Å². The molecule has 4 rings (SSSR count). The predicted octanol–water partition coefficient (Wildman–Crippen LogP) is 4.45. The first-order valence-electron chi connectivity index (χ1n) is 9.91. The number of aryl methyl sites for hydroxylation is 1. The van der Waals surface area contributed by atoms with Crippen LogP contribution < -0.4 is 4.74 Å². The van der Waals surface area contributed by atoms with Crippen molar-refractivity contribution in [3.63, 3.8) is 0 Å². The van der Waals surface area contributed by atoms with Crippen LogP contribution in [-0.2, 0) is 13.0 Å². The number of benzene rings is 2. The molecule has 2 aromatic carbocycles. The molecule has 0 bridgehead atoms. The highest BCUT2D eigenvalue weighted by Crippen LogP contribution is 2.27. The van der Waals surface area contributed by atoms with Crippen molar-refractivity contribution in [3.8, 4) is 17.2 Å². The van der Waals surface area contributed by atoms with E-state index in [2.05, 4.69) is 22.1 Å². The lowest BCUT2D eigenvalue weighted by atomic mass is 10.2. The molecule has 0 aliphatic carbocycles. The molecule has 2 aromatic heterocycles. The molecule has 0 atom stereocenters. The molecule has 154 valence electrons. The Morgan fingerprint density at radius 2 is 2.07 bits per heavy atom.